The zero-order chi connectivity index (χ0) is 8.97. The minimum absolute atomic E-state index is 0.179. The molecular weight excluding hydrogens is 158 g/mol. The molecule has 0 saturated carbocycles. The fraction of sp³-hybridized carbons (Fsp3) is 0.875. The van der Waals surface area contributed by atoms with Crippen LogP contribution in [0.1, 0.15) is 13.3 Å². The van der Waals surface area contributed by atoms with Gasteiger partial charge in [0.15, 0.2) is 0 Å². The van der Waals surface area contributed by atoms with Crippen LogP contribution in [0.5, 0.6) is 0 Å². The standard InChI is InChI=1S/C8H15NO3/c1-3-7-6-9(4-5-12-7)8(10)11-2/h7H,3-6H2,1-2H3/t7-/m0/s1. The molecule has 0 radical (unpaired) electrons. The van der Waals surface area contributed by atoms with E-state index in [4.69, 9.17) is 4.74 Å². The molecule has 0 spiro atoms. The second kappa shape index (κ2) is 4.30. The normalized spacial score (nSPS) is 23.8. The van der Waals surface area contributed by atoms with Gasteiger partial charge in [-0.15, -0.1) is 0 Å². The first-order chi connectivity index (χ1) is 5.77. The van der Waals surface area contributed by atoms with Crippen LogP contribution >= 0.6 is 0 Å². The number of amides is 1. The Balaban J connectivity index is 2.40. The van der Waals surface area contributed by atoms with Gasteiger partial charge in [0.2, 0.25) is 0 Å². The number of hydrogen-bond acceptors (Lipinski definition) is 3. The highest BCUT2D eigenvalue weighted by atomic mass is 16.5. The summed E-state index contributed by atoms with van der Waals surface area (Å²) in [6.45, 7) is 3.96. The maximum atomic E-state index is 11.1. The Labute approximate surface area is 72.4 Å². The Morgan fingerprint density at radius 3 is 3.08 bits per heavy atom. The molecule has 1 atom stereocenters. The van der Waals surface area contributed by atoms with Crippen LogP contribution in [0.4, 0.5) is 4.79 Å². The molecule has 4 nitrogen and oxygen atoms in total. The zero-order valence-electron chi connectivity index (χ0n) is 7.58. The quantitative estimate of drug-likeness (QED) is 0.590. The second-order valence-electron chi connectivity index (χ2n) is 2.82. The van der Waals surface area contributed by atoms with Crippen molar-refractivity contribution in [2.45, 2.75) is 19.4 Å². The van der Waals surface area contributed by atoms with Crippen molar-refractivity contribution in [2.24, 2.45) is 0 Å². The first kappa shape index (κ1) is 9.32. The van der Waals surface area contributed by atoms with Gasteiger partial charge >= 0.3 is 6.09 Å². The summed E-state index contributed by atoms with van der Waals surface area (Å²) >= 11 is 0. The van der Waals surface area contributed by atoms with Crippen LogP contribution in [0.15, 0.2) is 0 Å². The van der Waals surface area contributed by atoms with Gasteiger partial charge in [-0.2, -0.15) is 0 Å². The van der Waals surface area contributed by atoms with Crippen LogP contribution in [0.3, 0.4) is 0 Å². The van der Waals surface area contributed by atoms with E-state index in [9.17, 15) is 4.79 Å². The minimum Gasteiger partial charge on any atom is -0.453 e. The average molecular weight is 173 g/mol. The SMILES string of the molecule is CC[C@H]1CN(C(=O)OC)CCO1. The summed E-state index contributed by atoms with van der Waals surface area (Å²) in [6, 6.07) is 0. The number of ether oxygens (including phenoxy) is 2. The number of hydrogen-bond donors (Lipinski definition) is 0. The van der Waals surface area contributed by atoms with E-state index in [0.717, 1.165) is 6.42 Å². The molecule has 1 aliphatic rings. The molecule has 0 N–H and O–H groups in total. The molecule has 12 heavy (non-hydrogen) atoms. The van der Waals surface area contributed by atoms with Gasteiger partial charge in [0.1, 0.15) is 0 Å². The molecule has 1 fully saturated rings. The Hall–Kier alpha value is -0.770. The van der Waals surface area contributed by atoms with Crippen molar-refractivity contribution in [1.29, 1.82) is 0 Å². The molecule has 0 aromatic rings. The van der Waals surface area contributed by atoms with Gasteiger partial charge < -0.3 is 14.4 Å². The predicted molar refractivity (Wildman–Crippen MR) is 44.0 cm³/mol. The molecule has 1 saturated heterocycles. The van der Waals surface area contributed by atoms with Crippen molar-refractivity contribution < 1.29 is 14.3 Å². The summed E-state index contributed by atoms with van der Waals surface area (Å²) in [4.78, 5) is 12.8. The third kappa shape index (κ3) is 2.11. The van der Waals surface area contributed by atoms with E-state index < -0.39 is 0 Å². The lowest BCUT2D eigenvalue weighted by Crippen LogP contribution is -2.45. The average Bonchev–Trinajstić information content (AvgIpc) is 2.17. The molecule has 0 bridgehead atoms. The third-order valence-electron chi connectivity index (χ3n) is 2.03. The summed E-state index contributed by atoms with van der Waals surface area (Å²) < 4.78 is 10.0. The smallest absolute Gasteiger partial charge is 0.409 e. The molecule has 1 heterocycles. The molecule has 4 heteroatoms. The first-order valence-electron chi connectivity index (χ1n) is 4.22. The summed E-state index contributed by atoms with van der Waals surface area (Å²) in [6.07, 6.45) is 0.864. The van der Waals surface area contributed by atoms with Crippen LogP contribution in [-0.2, 0) is 9.47 Å². The molecule has 0 unspecified atom stereocenters. The molecule has 0 aromatic carbocycles. The number of carbonyl (C=O) groups excluding carboxylic acids is 1. The highest BCUT2D eigenvalue weighted by molar-refractivity contribution is 5.67. The van der Waals surface area contributed by atoms with Crippen LogP contribution in [0, 0.1) is 0 Å². The van der Waals surface area contributed by atoms with E-state index in [1.165, 1.54) is 7.11 Å². The first-order valence-corrected chi connectivity index (χ1v) is 4.22. The highest BCUT2D eigenvalue weighted by Gasteiger charge is 2.22. The van der Waals surface area contributed by atoms with E-state index in [-0.39, 0.29) is 12.2 Å². The van der Waals surface area contributed by atoms with Crippen molar-refractivity contribution >= 4 is 6.09 Å². The molecular formula is C8H15NO3. The van der Waals surface area contributed by atoms with Gasteiger partial charge in [0, 0.05) is 6.54 Å². The van der Waals surface area contributed by atoms with Crippen LogP contribution in [0.2, 0.25) is 0 Å². The maximum Gasteiger partial charge on any atom is 0.409 e. The number of nitrogens with zero attached hydrogens (tertiary/aromatic N) is 1. The van der Waals surface area contributed by atoms with Crippen LogP contribution in [0.25, 0.3) is 0 Å². The van der Waals surface area contributed by atoms with Crippen LogP contribution < -0.4 is 0 Å². The van der Waals surface area contributed by atoms with Crippen molar-refractivity contribution in [3.63, 3.8) is 0 Å². The van der Waals surface area contributed by atoms with E-state index in [1.807, 2.05) is 6.92 Å². The Morgan fingerprint density at radius 2 is 2.50 bits per heavy atom. The largest absolute Gasteiger partial charge is 0.453 e. The monoisotopic (exact) mass is 173 g/mol. The van der Waals surface area contributed by atoms with E-state index >= 15 is 0 Å². The summed E-state index contributed by atoms with van der Waals surface area (Å²) in [5, 5.41) is 0. The van der Waals surface area contributed by atoms with Crippen molar-refractivity contribution in [1.82, 2.24) is 4.90 Å². The van der Waals surface area contributed by atoms with Crippen LogP contribution in [-0.4, -0.2) is 43.9 Å². The van der Waals surface area contributed by atoms with Gasteiger partial charge in [-0.25, -0.2) is 4.79 Å². The van der Waals surface area contributed by atoms with Crippen molar-refractivity contribution in [2.75, 3.05) is 26.8 Å². The zero-order valence-corrected chi connectivity index (χ0v) is 7.58. The van der Waals surface area contributed by atoms with Gasteiger partial charge in [-0.1, -0.05) is 6.92 Å². The molecule has 1 rings (SSSR count). The van der Waals surface area contributed by atoms with Crippen molar-refractivity contribution in [3.05, 3.63) is 0 Å². The van der Waals surface area contributed by atoms with Gasteiger partial charge in [-0.05, 0) is 6.42 Å². The Morgan fingerprint density at radius 1 is 1.75 bits per heavy atom. The number of methoxy groups -OCH3 is 1. The van der Waals surface area contributed by atoms with Gasteiger partial charge in [0.05, 0.1) is 26.4 Å². The third-order valence-corrected chi connectivity index (χ3v) is 2.03. The lowest BCUT2D eigenvalue weighted by atomic mass is 10.2. The predicted octanol–water partition coefficient (Wildman–Crippen LogP) is 0.864. The summed E-state index contributed by atoms with van der Waals surface area (Å²) in [5.41, 5.74) is 0. The maximum absolute atomic E-state index is 11.1. The fourth-order valence-corrected chi connectivity index (χ4v) is 1.26. The number of carbonyl (C=O) groups is 1. The van der Waals surface area contributed by atoms with E-state index in [1.54, 1.807) is 4.90 Å². The summed E-state index contributed by atoms with van der Waals surface area (Å²) in [5.74, 6) is 0. The van der Waals surface area contributed by atoms with Crippen molar-refractivity contribution in [3.8, 4) is 0 Å². The number of rotatable bonds is 1. The Kier molecular flexibility index (Phi) is 3.34. The molecule has 1 amide bonds. The van der Waals surface area contributed by atoms with E-state index in [0.29, 0.717) is 19.7 Å². The minimum atomic E-state index is -0.253. The van der Waals surface area contributed by atoms with E-state index in [2.05, 4.69) is 4.74 Å². The molecule has 70 valence electrons. The highest BCUT2D eigenvalue weighted by Crippen LogP contribution is 2.08. The van der Waals surface area contributed by atoms with Gasteiger partial charge in [0.25, 0.3) is 0 Å². The lowest BCUT2D eigenvalue weighted by Gasteiger charge is -2.31. The Bertz CT molecular complexity index is 160. The molecule has 0 aromatic heterocycles. The lowest BCUT2D eigenvalue weighted by molar-refractivity contribution is -0.0255. The molecule has 1 aliphatic heterocycles. The number of morpholine rings is 1. The fourth-order valence-electron chi connectivity index (χ4n) is 1.26. The summed E-state index contributed by atoms with van der Waals surface area (Å²) in [7, 11) is 1.40. The second-order valence-corrected chi connectivity index (χ2v) is 2.82. The molecule has 0 aliphatic carbocycles. The van der Waals surface area contributed by atoms with Gasteiger partial charge in [-0.3, -0.25) is 0 Å². The topological polar surface area (TPSA) is 38.8 Å².